The van der Waals surface area contributed by atoms with E-state index in [1.165, 1.54) is 417 Å². The molecular weight excluding hydrogens is 1090 g/mol. The average Bonchev–Trinajstić information content (AvgIpc) is 3.55. The van der Waals surface area contributed by atoms with Crippen molar-refractivity contribution in [1.82, 2.24) is 0 Å². The Bertz CT molecular complexity index is 1370. The number of allylic oxidation sites excluding steroid dienone is 4. The molecule has 0 amide bonds. The number of aliphatic hydroxyl groups is 1. The topological polar surface area (TPSA) is 72.8 Å². The fourth-order valence-corrected chi connectivity index (χ4v) is 13.3. The maximum absolute atomic E-state index is 12.4. The molecule has 5 heteroatoms. The minimum Gasteiger partial charge on any atom is -0.462 e. The van der Waals surface area contributed by atoms with Gasteiger partial charge in [-0.3, -0.25) is 9.59 Å². The summed E-state index contributed by atoms with van der Waals surface area (Å²) in [6, 6.07) is 0. The molecule has 0 aromatic heterocycles. The highest BCUT2D eigenvalue weighted by molar-refractivity contribution is 5.70. The number of esters is 2. The third-order valence-electron chi connectivity index (χ3n) is 19.5. The second-order valence-corrected chi connectivity index (χ2v) is 28.6. The second kappa shape index (κ2) is 80.6. The van der Waals surface area contributed by atoms with E-state index in [9.17, 15) is 14.7 Å². The van der Waals surface area contributed by atoms with E-state index >= 15 is 0 Å². The third kappa shape index (κ3) is 78.7. The summed E-state index contributed by atoms with van der Waals surface area (Å²) in [7, 11) is 0. The molecule has 5 nitrogen and oxygen atoms in total. The summed E-state index contributed by atoms with van der Waals surface area (Å²) in [5, 5.41) is 9.73. The monoisotopic (exact) mass is 1250 g/mol. The summed E-state index contributed by atoms with van der Waals surface area (Å²) in [5.74, 6) is -0.559. The van der Waals surface area contributed by atoms with Crippen LogP contribution in [0, 0.1) is 0 Å². The summed E-state index contributed by atoms with van der Waals surface area (Å²) in [5.41, 5.74) is 0. The summed E-state index contributed by atoms with van der Waals surface area (Å²) >= 11 is 0. The lowest BCUT2D eigenvalue weighted by Crippen LogP contribution is -2.28. The van der Waals surface area contributed by atoms with Crippen molar-refractivity contribution in [3.63, 3.8) is 0 Å². The van der Waals surface area contributed by atoms with Crippen LogP contribution in [0.1, 0.15) is 483 Å². The van der Waals surface area contributed by atoms with Crippen molar-refractivity contribution in [2.75, 3.05) is 13.2 Å². The van der Waals surface area contributed by atoms with Crippen LogP contribution in [0.25, 0.3) is 0 Å². The summed E-state index contributed by atoms with van der Waals surface area (Å²) < 4.78 is 10.8. The van der Waals surface area contributed by atoms with Crippen LogP contribution in [-0.2, 0) is 19.1 Å². The predicted molar refractivity (Wildman–Crippen MR) is 395 cm³/mol. The summed E-state index contributed by atoms with van der Waals surface area (Å²) in [6.07, 6.45) is 107. The molecule has 528 valence electrons. The molecule has 0 radical (unpaired) electrons. The zero-order chi connectivity index (χ0) is 64.0. The molecule has 1 unspecified atom stereocenters. The zero-order valence-electron chi connectivity index (χ0n) is 61.0. The lowest BCUT2D eigenvalue weighted by Gasteiger charge is -2.15. The van der Waals surface area contributed by atoms with E-state index in [0.29, 0.717) is 12.8 Å². The Kier molecular flexibility index (Phi) is 79.1. The number of ether oxygens (including phenoxy) is 2. The van der Waals surface area contributed by atoms with Gasteiger partial charge in [0.15, 0.2) is 6.10 Å². The Labute approximate surface area is 559 Å². The van der Waals surface area contributed by atoms with Gasteiger partial charge in [-0.15, -0.1) is 0 Å². The minimum absolute atomic E-state index is 0.0570. The van der Waals surface area contributed by atoms with Gasteiger partial charge in [0.05, 0.1) is 6.61 Å². The molecule has 0 heterocycles. The van der Waals surface area contributed by atoms with Crippen LogP contribution in [0.4, 0.5) is 0 Å². The molecule has 0 aliphatic rings. The SMILES string of the molecule is CCCCCCC/C=C\C/C=C\CCCCCCCCCCCCCCCCCCCCCCCCCC(=O)OC(CO)COC(=O)CCCCCCCCCCCCCCCCCCCCCCCCCCCCCCCCCCCCCCCCCC. The van der Waals surface area contributed by atoms with Crippen molar-refractivity contribution >= 4 is 11.9 Å². The van der Waals surface area contributed by atoms with Crippen LogP contribution in [0.15, 0.2) is 24.3 Å². The van der Waals surface area contributed by atoms with Gasteiger partial charge in [0.2, 0.25) is 0 Å². The van der Waals surface area contributed by atoms with E-state index in [1.807, 2.05) is 0 Å². The van der Waals surface area contributed by atoms with Crippen LogP contribution >= 0.6 is 0 Å². The normalized spacial score (nSPS) is 12.2. The quantitative estimate of drug-likeness (QED) is 0.0373. The van der Waals surface area contributed by atoms with Gasteiger partial charge < -0.3 is 14.6 Å². The summed E-state index contributed by atoms with van der Waals surface area (Å²) in [6.45, 7) is 4.21. The van der Waals surface area contributed by atoms with Crippen molar-refractivity contribution in [3.05, 3.63) is 24.3 Å². The van der Waals surface area contributed by atoms with Gasteiger partial charge >= 0.3 is 11.9 Å². The van der Waals surface area contributed by atoms with Crippen LogP contribution in [0.5, 0.6) is 0 Å². The zero-order valence-corrected chi connectivity index (χ0v) is 61.0. The fourth-order valence-electron chi connectivity index (χ4n) is 13.3. The molecule has 89 heavy (non-hydrogen) atoms. The van der Waals surface area contributed by atoms with Gasteiger partial charge in [0.25, 0.3) is 0 Å². The summed E-state index contributed by atoms with van der Waals surface area (Å²) in [4.78, 5) is 24.7. The molecule has 0 fully saturated rings. The highest BCUT2D eigenvalue weighted by Crippen LogP contribution is 2.21. The van der Waals surface area contributed by atoms with Crippen molar-refractivity contribution in [2.24, 2.45) is 0 Å². The predicted octanol–water partition coefficient (Wildman–Crippen LogP) is 29.1. The van der Waals surface area contributed by atoms with Gasteiger partial charge in [-0.05, 0) is 44.9 Å². The van der Waals surface area contributed by atoms with Gasteiger partial charge in [-0.25, -0.2) is 0 Å². The standard InChI is InChI=1S/C84H162O5/c1-3-5-7-9-11-13-15-17-19-21-23-25-27-29-31-33-35-37-39-40-41-42-43-45-46-48-50-52-54-56-58-60-62-64-66-68-70-72-74-76-78-83(86)88-81-82(80-85)89-84(87)79-77-75-73-71-69-67-65-63-61-59-57-55-53-51-49-47-44-38-36-34-32-30-28-26-24-22-20-18-16-14-12-10-8-6-4-2/h16,18,22,24,82,85H,3-15,17,19-21,23,25-81H2,1-2H3/b18-16-,24-22-. The molecular formula is C84H162O5. The highest BCUT2D eigenvalue weighted by Gasteiger charge is 2.16. The van der Waals surface area contributed by atoms with E-state index in [0.717, 1.165) is 38.5 Å². The average molecular weight is 1250 g/mol. The highest BCUT2D eigenvalue weighted by atomic mass is 16.6. The maximum Gasteiger partial charge on any atom is 0.306 e. The van der Waals surface area contributed by atoms with Gasteiger partial charge in [-0.1, -0.05) is 449 Å². The van der Waals surface area contributed by atoms with Crippen LogP contribution < -0.4 is 0 Å². The van der Waals surface area contributed by atoms with E-state index < -0.39 is 6.10 Å². The van der Waals surface area contributed by atoms with Crippen molar-refractivity contribution in [3.8, 4) is 0 Å². The second-order valence-electron chi connectivity index (χ2n) is 28.6. The van der Waals surface area contributed by atoms with Crippen LogP contribution in [0.3, 0.4) is 0 Å². The maximum atomic E-state index is 12.4. The third-order valence-corrected chi connectivity index (χ3v) is 19.5. The van der Waals surface area contributed by atoms with Gasteiger partial charge in [0.1, 0.15) is 6.61 Å². The number of rotatable bonds is 79. The number of carbonyl (C=O) groups excluding carboxylic acids is 2. The molecule has 0 aliphatic heterocycles. The Hall–Kier alpha value is -1.62. The first-order valence-corrected chi connectivity index (χ1v) is 41.4. The number of carbonyl (C=O) groups is 2. The molecule has 0 aromatic carbocycles. The van der Waals surface area contributed by atoms with Crippen molar-refractivity contribution in [1.29, 1.82) is 0 Å². The molecule has 0 aliphatic carbocycles. The first-order chi connectivity index (χ1) is 44.1. The Morgan fingerprint density at radius 3 is 0.663 bits per heavy atom. The number of hydrogen-bond acceptors (Lipinski definition) is 5. The number of aliphatic hydroxyl groups excluding tert-OH is 1. The molecule has 0 spiro atoms. The van der Waals surface area contributed by atoms with E-state index in [4.69, 9.17) is 9.47 Å². The van der Waals surface area contributed by atoms with E-state index in [1.54, 1.807) is 0 Å². The van der Waals surface area contributed by atoms with E-state index in [-0.39, 0.29) is 25.2 Å². The molecule has 0 bridgehead atoms. The number of unbranched alkanes of at least 4 members (excludes halogenated alkanes) is 67. The largest absolute Gasteiger partial charge is 0.462 e. The van der Waals surface area contributed by atoms with Gasteiger partial charge in [-0.2, -0.15) is 0 Å². The van der Waals surface area contributed by atoms with E-state index in [2.05, 4.69) is 38.2 Å². The Morgan fingerprint density at radius 1 is 0.258 bits per heavy atom. The molecule has 0 saturated heterocycles. The van der Waals surface area contributed by atoms with Crippen LogP contribution in [-0.4, -0.2) is 36.4 Å². The van der Waals surface area contributed by atoms with Crippen molar-refractivity contribution < 1.29 is 24.2 Å². The Balaban J connectivity index is 3.34. The molecule has 0 aromatic rings. The minimum atomic E-state index is -0.769. The van der Waals surface area contributed by atoms with Crippen LogP contribution in [0.2, 0.25) is 0 Å². The first-order valence-electron chi connectivity index (χ1n) is 41.4. The first kappa shape index (κ1) is 87.4. The molecule has 0 saturated carbocycles. The Morgan fingerprint density at radius 2 is 0.449 bits per heavy atom. The number of hydrogen-bond donors (Lipinski definition) is 1. The lowest BCUT2D eigenvalue weighted by atomic mass is 10.0. The fraction of sp³-hybridized carbons (Fsp3) is 0.929. The van der Waals surface area contributed by atoms with Gasteiger partial charge in [0, 0.05) is 12.8 Å². The molecule has 0 rings (SSSR count). The molecule has 1 N–H and O–H groups in total. The molecule has 1 atom stereocenters. The smallest absolute Gasteiger partial charge is 0.306 e. The van der Waals surface area contributed by atoms with Crippen molar-refractivity contribution in [2.45, 2.75) is 489 Å². The lowest BCUT2D eigenvalue weighted by molar-refractivity contribution is -0.161.